The molecule has 0 bridgehead atoms. The van der Waals surface area contributed by atoms with E-state index in [0.29, 0.717) is 24.1 Å². The molecule has 8 nitrogen and oxygen atoms in total. The van der Waals surface area contributed by atoms with Crippen molar-refractivity contribution in [1.29, 1.82) is 0 Å². The predicted octanol–water partition coefficient (Wildman–Crippen LogP) is 1.47. The molecule has 1 heterocycles. The Morgan fingerprint density at radius 3 is 2.70 bits per heavy atom. The van der Waals surface area contributed by atoms with Gasteiger partial charge in [-0.1, -0.05) is 0 Å². The standard InChI is InChI=1S/C15H18N2O6/c1-10-7-11(3-4-12(10)17(21)22)13(18)16-6-5-15(8-16,9-23-2)14(19)20/h3-4,7H,5-6,8-9H2,1-2H3,(H,19,20). The van der Waals surface area contributed by atoms with E-state index in [1.165, 1.54) is 30.2 Å². The van der Waals surface area contributed by atoms with Crippen molar-refractivity contribution in [2.45, 2.75) is 13.3 Å². The summed E-state index contributed by atoms with van der Waals surface area (Å²) in [6.07, 6.45) is 0.313. The zero-order chi connectivity index (χ0) is 17.2. The van der Waals surface area contributed by atoms with E-state index in [0.717, 1.165) is 0 Å². The van der Waals surface area contributed by atoms with Crippen molar-refractivity contribution in [3.8, 4) is 0 Å². The van der Waals surface area contributed by atoms with Gasteiger partial charge in [0.15, 0.2) is 0 Å². The van der Waals surface area contributed by atoms with Crippen molar-refractivity contribution in [3.63, 3.8) is 0 Å². The highest BCUT2D eigenvalue weighted by molar-refractivity contribution is 5.95. The normalized spacial score (nSPS) is 20.5. The van der Waals surface area contributed by atoms with Gasteiger partial charge in [-0.05, 0) is 25.5 Å². The van der Waals surface area contributed by atoms with E-state index in [4.69, 9.17) is 4.74 Å². The number of carbonyl (C=O) groups is 2. The van der Waals surface area contributed by atoms with Gasteiger partial charge in [-0.2, -0.15) is 0 Å². The van der Waals surface area contributed by atoms with Gasteiger partial charge in [-0.3, -0.25) is 19.7 Å². The number of methoxy groups -OCH3 is 1. The first-order chi connectivity index (χ1) is 10.8. The molecule has 1 aliphatic heterocycles. The molecule has 0 spiro atoms. The minimum Gasteiger partial charge on any atom is -0.481 e. The first-order valence-electron chi connectivity index (χ1n) is 7.07. The molecule has 1 aliphatic rings. The Hall–Kier alpha value is -2.48. The molecule has 1 amide bonds. The van der Waals surface area contributed by atoms with Gasteiger partial charge in [0.25, 0.3) is 11.6 Å². The number of aryl methyl sites for hydroxylation is 1. The summed E-state index contributed by atoms with van der Waals surface area (Å²) in [6, 6.07) is 4.14. The molecule has 1 unspecified atom stereocenters. The molecule has 1 saturated heterocycles. The predicted molar refractivity (Wildman–Crippen MR) is 80.3 cm³/mol. The number of carbonyl (C=O) groups excluding carboxylic acids is 1. The third-order valence-corrected chi connectivity index (χ3v) is 4.16. The van der Waals surface area contributed by atoms with E-state index in [1.807, 2.05) is 0 Å². The van der Waals surface area contributed by atoms with E-state index in [1.54, 1.807) is 6.92 Å². The Morgan fingerprint density at radius 1 is 1.48 bits per heavy atom. The van der Waals surface area contributed by atoms with Gasteiger partial charge in [0.1, 0.15) is 5.41 Å². The molecule has 124 valence electrons. The maximum absolute atomic E-state index is 12.5. The zero-order valence-electron chi connectivity index (χ0n) is 12.9. The van der Waals surface area contributed by atoms with Crippen LogP contribution in [0.2, 0.25) is 0 Å². The van der Waals surface area contributed by atoms with Crippen LogP contribution in [0.25, 0.3) is 0 Å². The molecular weight excluding hydrogens is 304 g/mol. The van der Waals surface area contributed by atoms with Gasteiger partial charge in [0.05, 0.1) is 11.5 Å². The van der Waals surface area contributed by atoms with Crippen LogP contribution in [-0.2, 0) is 9.53 Å². The first-order valence-corrected chi connectivity index (χ1v) is 7.07. The summed E-state index contributed by atoms with van der Waals surface area (Å²) in [6.45, 7) is 1.96. The number of hydrogen-bond donors (Lipinski definition) is 1. The summed E-state index contributed by atoms with van der Waals surface area (Å²) in [4.78, 5) is 35.8. The van der Waals surface area contributed by atoms with E-state index < -0.39 is 16.3 Å². The Bertz CT molecular complexity index is 659. The van der Waals surface area contributed by atoms with Crippen LogP contribution < -0.4 is 0 Å². The van der Waals surface area contributed by atoms with E-state index in [9.17, 15) is 24.8 Å². The Balaban J connectivity index is 2.20. The molecule has 8 heteroatoms. The number of likely N-dealkylation sites (tertiary alicyclic amines) is 1. The minimum atomic E-state index is -1.10. The molecule has 0 saturated carbocycles. The fourth-order valence-electron chi connectivity index (χ4n) is 2.85. The Labute approximate surface area is 132 Å². The van der Waals surface area contributed by atoms with Crippen LogP contribution in [0, 0.1) is 22.5 Å². The number of hydrogen-bond acceptors (Lipinski definition) is 5. The molecule has 0 aliphatic carbocycles. The van der Waals surface area contributed by atoms with Gasteiger partial charge in [-0.15, -0.1) is 0 Å². The fourth-order valence-corrected chi connectivity index (χ4v) is 2.85. The van der Waals surface area contributed by atoms with Crippen LogP contribution in [0.3, 0.4) is 0 Å². The van der Waals surface area contributed by atoms with Crippen LogP contribution in [-0.4, -0.2) is 53.6 Å². The number of carboxylic acid groups (broad SMARTS) is 1. The second kappa shape index (κ2) is 6.33. The molecule has 1 fully saturated rings. The lowest BCUT2D eigenvalue weighted by atomic mass is 9.88. The Kier molecular flexibility index (Phi) is 4.65. The molecule has 2 rings (SSSR count). The van der Waals surface area contributed by atoms with Crippen molar-refractivity contribution in [3.05, 3.63) is 39.4 Å². The lowest BCUT2D eigenvalue weighted by molar-refractivity contribution is -0.385. The van der Waals surface area contributed by atoms with Gasteiger partial charge >= 0.3 is 5.97 Å². The number of nitrogens with zero attached hydrogens (tertiary/aromatic N) is 2. The number of ether oxygens (including phenoxy) is 1. The van der Waals surface area contributed by atoms with Crippen LogP contribution in [0.5, 0.6) is 0 Å². The number of nitro benzene ring substituents is 1. The summed E-state index contributed by atoms with van der Waals surface area (Å²) in [5.41, 5.74) is -0.448. The van der Waals surface area contributed by atoms with Gasteiger partial charge in [-0.25, -0.2) is 0 Å². The van der Waals surface area contributed by atoms with Crippen molar-refractivity contribution < 1.29 is 24.4 Å². The fraction of sp³-hybridized carbons (Fsp3) is 0.467. The minimum absolute atomic E-state index is 0.0331. The van der Waals surface area contributed by atoms with Gasteiger partial charge in [0, 0.05) is 37.4 Å². The SMILES string of the molecule is COCC1(C(=O)O)CCN(C(=O)c2ccc([N+](=O)[O-])c(C)c2)C1. The van der Waals surface area contributed by atoms with Crippen LogP contribution in [0.1, 0.15) is 22.3 Å². The highest BCUT2D eigenvalue weighted by Crippen LogP contribution is 2.32. The molecule has 1 atom stereocenters. The number of rotatable bonds is 5. The average Bonchev–Trinajstić information content (AvgIpc) is 2.92. The monoisotopic (exact) mass is 322 g/mol. The zero-order valence-corrected chi connectivity index (χ0v) is 12.9. The maximum Gasteiger partial charge on any atom is 0.313 e. The third-order valence-electron chi connectivity index (χ3n) is 4.16. The highest BCUT2D eigenvalue weighted by atomic mass is 16.6. The van der Waals surface area contributed by atoms with Crippen LogP contribution in [0.4, 0.5) is 5.69 Å². The number of amides is 1. The summed E-state index contributed by atoms with van der Waals surface area (Å²) < 4.78 is 4.99. The third kappa shape index (κ3) is 3.16. The molecule has 23 heavy (non-hydrogen) atoms. The van der Waals surface area contributed by atoms with E-state index in [-0.39, 0.29) is 24.7 Å². The smallest absolute Gasteiger partial charge is 0.313 e. The second-order valence-corrected chi connectivity index (χ2v) is 5.75. The van der Waals surface area contributed by atoms with Crippen LogP contribution in [0.15, 0.2) is 18.2 Å². The van der Waals surface area contributed by atoms with Gasteiger partial charge in [0.2, 0.25) is 0 Å². The van der Waals surface area contributed by atoms with Crippen molar-refractivity contribution in [2.75, 3.05) is 26.8 Å². The molecule has 1 aromatic carbocycles. The lowest BCUT2D eigenvalue weighted by Crippen LogP contribution is -2.40. The summed E-state index contributed by atoms with van der Waals surface area (Å²) >= 11 is 0. The van der Waals surface area contributed by atoms with Crippen molar-refractivity contribution in [2.24, 2.45) is 5.41 Å². The molecule has 0 aromatic heterocycles. The van der Waals surface area contributed by atoms with E-state index in [2.05, 4.69) is 0 Å². The molecule has 1 aromatic rings. The molecule has 0 radical (unpaired) electrons. The number of carboxylic acids is 1. The molecule has 1 N–H and O–H groups in total. The second-order valence-electron chi connectivity index (χ2n) is 5.75. The lowest BCUT2D eigenvalue weighted by Gasteiger charge is -2.23. The summed E-state index contributed by atoms with van der Waals surface area (Å²) in [7, 11) is 1.43. The topological polar surface area (TPSA) is 110 Å². The van der Waals surface area contributed by atoms with Gasteiger partial charge < -0.3 is 14.7 Å². The molecular formula is C15H18N2O6. The van der Waals surface area contributed by atoms with Crippen molar-refractivity contribution in [1.82, 2.24) is 4.90 Å². The van der Waals surface area contributed by atoms with E-state index >= 15 is 0 Å². The number of benzene rings is 1. The van der Waals surface area contributed by atoms with Crippen LogP contribution >= 0.6 is 0 Å². The average molecular weight is 322 g/mol. The first kappa shape index (κ1) is 16.9. The number of aliphatic carboxylic acids is 1. The number of nitro groups is 1. The largest absolute Gasteiger partial charge is 0.481 e. The van der Waals surface area contributed by atoms with Crippen molar-refractivity contribution >= 4 is 17.6 Å². The maximum atomic E-state index is 12.5. The highest BCUT2D eigenvalue weighted by Gasteiger charge is 2.46. The quantitative estimate of drug-likeness (QED) is 0.649. The summed E-state index contributed by atoms with van der Waals surface area (Å²) in [5.74, 6) is -1.32. The Morgan fingerprint density at radius 2 is 2.17 bits per heavy atom. The summed E-state index contributed by atoms with van der Waals surface area (Å²) in [5, 5.41) is 20.2.